The van der Waals surface area contributed by atoms with Gasteiger partial charge < -0.3 is 5.11 Å². The minimum atomic E-state index is -3.47. The quantitative estimate of drug-likeness (QED) is 0.777. The lowest BCUT2D eigenvalue weighted by Crippen LogP contribution is -2.41. The van der Waals surface area contributed by atoms with Crippen LogP contribution in [0.5, 0.6) is 0 Å². The Kier molecular flexibility index (Phi) is 6.85. The third-order valence-corrected chi connectivity index (χ3v) is 4.94. The van der Waals surface area contributed by atoms with Crippen molar-refractivity contribution < 1.29 is 13.5 Å². The van der Waals surface area contributed by atoms with Gasteiger partial charge in [0, 0.05) is 24.7 Å². The lowest BCUT2D eigenvalue weighted by molar-refractivity contribution is 0.350. The second kappa shape index (κ2) is 8.15. The van der Waals surface area contributed by atoms with Crippen molar-refractivity contribution in [2.24, 2.45) is 0 Å². The summed E-state index contributed by atoms with van der Waals surface area (Å²) in [5.41, 5.74) is 1.65. The lowest BCUT2D eigenvalue weighted by atomic mass is 10.1. The fraction of sp³-hybridized carbons (Fsp3) is 0.467. The monoisotopic (exact) mass is 310 g/mol. The first-order valence-corrected chi connectivity index (χ1v) is 8.35. The van der Waals surface area contributed by atoms with Gasteiger partial charge in [0.25, 0.3) is 10.2 Å². The summed E-state index contributed by atoms with van der Waals surface area (Å²) in [6.07, 6.45) is 0. The highest BCUT2D eigenvalue weighted by Gasteiger charge is 2.21. The maximum absolute atomic E-state index is 12.1. The Morgan fingerprint density at radius 3 is 2.29 bits per heavy atom. The van der Waals surface area contributed by atoms with E-state index in [1.807, 2.05) is 26.0 Å². The number of aliphatic hydroxyl groups is 1. The van der Waals surface area contributed by atoms with Crippen LogP contribution in [0.25, 0.3) is 0 Å². The van der Waals surface area contributed by atoms with Gasteiger partial charge in [-0.05, 0) is 24.6 Å². The van der Waals surface area contributed by atoms with E-state index in [-0.39, 0.29) is 12.6 Å². The van der Waals surface area contributed by atoms with E-state index in [9.17, 15) is 8.42 Å². The third-order valence-electron chi connectivity index (χ3n) is 3.09. The van der Waals surface area contributed by atoms with Gasteiger partial charge in [0.05, 0.1) is 0 Å². The zero-order valence-corrected chi connectivity index (χ0v) is 13.4. The summed E-state index contributed by atoms with van der Waals surface area (Å²) >= 11 is 0. The van der Waals surface area contributed by atoms with Crippen LogP contribution in [0, 0.1) is 11.8 Å². The van der Waals surface area contributed by atoms with Gasteiger partial charge in [-0.3, -0.25) is 0 Å². The molecule has 0 aliphatic heterocycles. The van der Waals surface area contributed by atoms with Crippen LogP contribution in [-0.4, -0.2) is 37.5 Å². The fourth-order valence-corrected chi connectivity index (χ4v) is 3.34. The molecule has 1 unspecified atom stereocenters. The number of hydrogen-bond acceptors (Lipinski definition) is 3. The number of benzene rings is 1. The predicted octanol–water partition coefficient (Wildman–Crippen LogP) is 1.27. The van der Waals surface area contributed by atoms with Gasteiger partial charge in [0.15, 0.2) is 0 Å². The molecule has 0 bridgehead atoms. The summed E-state index contributed by atoms with van der Waals surface area (Å²) in [6.45, 7) is 6.11. The summed E-state index contributed by atoms with van der Waals surface area (Å²) < 4.78 is 28.3. The number of nitrogens with one attached hydrogen (secondary N) is 1. The second-order valence-electron chi connectivity index (χ2n) is 4.51. The Morgan fingerprint density at radius 2 is 1.81 bits per heavy atom. The van der Waals surface area contributed by atoms with Crippen LogP contribution in [-0.2, 0) is 10.2 Å². The fourth-order valence-electron chi connectivity index (χ4n) is 1.93. The summed E-state index contributed by atoms with van der Waals surface area (Å²) in [5, 5.41) is 8.64. The van der Waals surface area contributed by atoms with Gasteiger partial charge in [-0.1, -0.05) is 37.8 Å². The van der Waals surface area contributed by atoms with Crippen LogP contribution in [0.2, 0.25) is 0 Å². The van der Waals surface area contributed by atoms with E-state index < -0.39 is 10.2 Å². The average Bonchev–Trinajstić information content (AvgIpc) is 2.46. The van der Waals surface area contributed by atoms with Crippen molar-refractivity contribution in [3.05, 3.63) is 35.4 Å². The van der Waals surface area contributed by atoms with Crippen molar-refractivity contribution in [3.8, 4) is 11.8 Å². The SMILES string of the molecule is CCN(CC)S(=O)(=O)NC(C)c1ccc(C#CCO)cc1. The first-order chi connectivity index (χ1) is 9.94. The minimum absolute atomic E-state index is 0.179. The summed E-state index contributed by atoms with van der Waals surface area (Å²) in [6, 6.07) is 6.95. The summed E-state index contributed by atoms with van der Waals surface area (Å²) in [5.74, 6) is 5.37. The minimum Gasteiger partial charge on any atom is -0.384 e. The third kappa shape index (κ3) is 5.14. The van der Waals surface area contributed by atoms with E-state index in [0.717, 1.165) is 11.1 Å². The molecule has 0 saturated heterocycles. The molecule has 1 atom stereocenters. The standard InChI is InChI=1S/C15H22N2O3S/c1-4-17(5-2)21(19,20)16-13(3)15-10-8-14(9-11-15)7-6-12-18/h8-11,13,16,18H,4-5,12H2,1-3H3. The van der Waals surface area contributed by atoms with E-state index in [2.05, 4.69) is 16.6 Å². The van der Waals surface area contributed by atoms with Gasteiger partial charge in [0.1, 0.15) is 6.61 Å². The van der Waals surface area contributed by atoms with E-state index >= 15 is 0 Å². The topological polar surface area (TPSA) is 69.6 Å². The van der Waals surface area contributed by atoms with Crippen LogP contribution in [0.4, 0.5) is 0 Å². The zero-order chi connectivity index (χ0) is 15.9. The molecule has 0 heterocycles. The Bertz CT molecular complexity index is 596. The van der Waals surface area contributed by atoms with E-state index in [0.29, 0.717) is 13.1 Å². The highest BCUT2D eigenvalue weighted by atomic mass is 32.2. The molecule has 1 rings (SSSR count). The molecule has 1 aromatic rings. The molecule has 0 aliphatic rings. The molecule has 2 N–H and O–H groups in total. The Morgan fingerprint density at radius 1 is 1.24 bits per heavy atom. The van der Waals surface area contributed by atoms with E-state index in [1.54, 1.807) is 19.1 Å². The van der Waals surface area contributed by atoms with Crippen LogP contribution in [0.1, 0.15) is 37.9 Å². The van der Waals surface area contributed by atoms with Gasteiger partial charge in [-0.15, -0.1) is 0 Å². The molecule has 0 aliphatic carbocycles. The number of aliphatic hydroxyl groups excluding tert-OH is 1. The molecular weight excluding hydrogens is 288 g/mol. The van der Waals surface area contributed by atoms with Crippen molar-refractivity contribution in [2.45, 2.75) is 26.8 Å². The Hall–Kier alpha value is -1.39. The van der Waals surface area contributed by atoms with Gasteiger partial charge in [-0.25, -0.2) is 0 Å². The smallest absolute Gasteiger partial charge is 0.279 e. The largest absolute Gasteiger partial charge is 0.384 e. The number of rotatable bonds is 6. The molecule has 116 valence electrons. The molecular formula is C15H22N2O3S. The molecule has 0 spiro atoms. The molecule has 1 aromatic carbocycles. The highest BCUT2D eigenvalue weighted by molar-refractivity contribution is 7.87. The maximum Gasteiger partial charge on any atom is 0.279 e. The average molecular weight is 310 g/mol. The first kappa shape index (κ1) is 17.7. The Labute approximate surface area is 127 Å². The van der Waals surface area contributed by atoms with Crippen LogP contribution >= 0.6 is 0 Å². The molecule has 0 fully saturated rings. The van der Waals surface area contributed by atoms with Crippen molar-refractivity contribution >= 4 is 10.2 Å². The van der Waals surface area contributed by atoms with Crippen molar-refractivity contribution in [1.82, 2.24) is 9.03 Å². The summed E-state index contributed by atoms with van der Waals surface area (Å²) in [7, 11) is -3.47. The van der Waals surface area contributed by atoms with Crippen molar-refractivity contribution in [1.29, 1.82) is 0 Å². The second-order valence-corrected chi connectivity index (χ2v) is 6.21. The molecule has 21 heavy (non-hydrogen) atoms. The molecule has 0 radical (unpaired) electrons. The van der Waals surface area contributed by atoms with Crippen LogP contribution < -0.4 is 4.72 Å². The molecule has 0 saturated carbocycles. The van der Waals surface area contributed by atoms with Gasteiger partial charge in [-0.2, -0.15) is 17.4 Å². The molecule has 0 amide bonds. The number of hydrogen-bond donors (Lipinski definition) is 2. The zero-order valence-electron chi connectivity index (χ0n) is 12.6. The van der Waals surface area contributed by atoms with E-state index in [1.165, 1.54) is 4.31 Å². The van der Waals surface area contributed by atoms with Crippen molar-refractivity contribution in [2.75, 3.05) is 19.7 Å². The van der Waals surface area contributed by atoms with Crippen molar-refractivity contribution in [3.63, 3.8) is 0 Å². The van der Waals surface area contributed by atoms with Crippen LogP contribution in [0.15, 0.2) is 24.3 Å². The molecule has 6 heteroatoms. The molecule has 5 nitrogen and oxygen atoms in total. The van der Waals surface area contributed by atoms with Gasteiger partial charge >= 0.3 is 0 Å². The predicted molar refractivity (Wildman–Crippen MR) is 83.8 cm³/mol. The van der Waals surface area contributed by atoms with E-state index in [4.69, 9.17) is 5.11 Å². The first-order valence-electron chi connectivity index (χ1n) is 6.91. The normalized spacial score (nSPS) is 12.8. The Balaban J connectivity index is 2.82. The summed E-state index contributed by atoms with van der Waals surface area (Å²) in [4.78, 5) is 0. The maximum atomic E-state index is 12.1. The molecule has 0 aromatic heterocycles. The van der Waals surface area contributed by atoms with Gasteiger partial charge in [0.2, 0.25) is 0 Å². The highest BCUT2D eigenvalue weighted by Crippen LogP contribution is 2.15. The lowest BCUT2D eigenvalue weighted by Gasteiger charge is -2.22. The number of nitrogens with zero attached hydrogens (tertiary/aromatic N) is 1. The van der Waals surface area contributed by atoms with Crippen LogP contribution in [0.3, 0.4) is 0 Å².